The maximum absolute atomic E-state index is 12.7. The van der Waals surface area contributed by atoms with Gasteiger partial charge in [-0.25, -0.2) is 9.97 Å². The summed E-state index contributed by atoms with van der Waals surface area (Å²) in [5.74, 6) is 2.14. The largest absolute Gasteiger partial charge is 0.439 e. The first-order valence-corrected chi connectivity index (χ1v) is 9.76. The predicted octanol–water partition coefficient (Wildman–Crippen LogP) is 3.85. The van der Waals surface area contributed by atoms with E-state index in [4.69, 9.17) is 4.74 Å². The van der Waals surface area contributed by atoms with E-state index in [1.807, 2.05) is 73.3 Å². The maximum atomic E-state index is 12.7. The number of ether oxygens (including phenoxy) is 1. The Bertz CT molecular complexity index is 979. The van der Waals surface area contributed by atoms with E-state index in [2.05, 4.69) is 14.9 Å². The van der Waals surface area contributed by atoms with Crippen LogP contribution in [0.3, 0.4) is 0 Å². The van der Waals surface area contributed by atoms with Crippen molar-refractivity contribution in [3.63, 3.8) is 0 Å². The second kappa shape index (κ2) is 8.31. The fourth-order valence-corrected chi connectivity index (χ4v) is 3.30. The zero-order valence-electron chi connectivity index (χ0n) is 16.7. The SMILES string of the molecule is Cc1ccc(Oc2cc(N3CCN(C(=O)c4ccc(C)cc4)CC3)ncn2)cc1. The highest BCUT2D eigenvalue weighted by Crippen LogP contribution is 2.23. The molecule has 4 rings (SSSR count). The molecule has 148 valence electrons. The van der Waals surface area contributed by atoms with Crippen LogP contribution < -0.4 is 9.64 Å². The Hall–Kier alpha value is -3.41. The van der Waals surface area contributed by atoms with Gasteiger partial charge in [-0.1, -0.05) is 35.4 Å². The van der Waals surface area contributed by atoms with Gasteiger partial charge in [0.15, 0.2) is 0 Å². The van der Waals surface area contributed by atoms with Crippen LogP contribution in [-0.4, -0.2) is 47.0 Å². The molecule has 0 unspecified atom stereocenters. The molecule has 0 N–H and O–H groups in total. The second-order valence-electron chi connectivity index (χ2n) is 7.27. The van der Waals surface area contributed by atoms with E-state index in [1.165, 1.54) is 11.9 Å². The number of piperazine rings is 1. The number of anilines is 1. The average Bonchev–Trinajstić information content (AvgIpc) is 2.76. The van der Waals surface area contributed by atoms with Gasteiger partial charge in [0, 0.05) is 37.8 Å². The van der Waals surface area contributed by atoms with Gasteiger partial charge in [0.1, 0.15) is 17.9 Å². The number of hydrogen-bond donors (Lipinski definition) is 0. The van der Waals surface area contributed by atoms with Gasteiger partial charge in [0.25, 0.3) is 5.91 Å². The molecular formula is C23H24N4O2. The number of hydrogen-bond acceptors (Lipinski definition) is 5. The van der Waals surface area contributed by atoms with Crippen LogP contribution in [0.15, 0.2) is 60.9 Å². The molecule has 1 amide bonds. The van der Waals surface area contributed by atoms with E-state index in [-0.39, 0.29) is 5.91 Å². The third-order valence-electron chi connectivity index (χ3n) is 5.06. The smallest absolute Gasteiger partial charge is 0.253 e. The van der Waals surface area contributed by atoms with Gasteiger partial charge in [0.05, 0.1) is 0 Å². The molecule has 6 heteroatoms. The molecule has 1 aromatic heterocycles. The average molecular weight is 388 g/mol. The summed E-state index contributed by atoms with van der Waals surface area (Å²) in [7, 11) is 0. The summed E-state index contributed by atoms with van der Waals surface area (Å²) in [4.78, 5) is 25.4. The molecule has 3 aromatic rings. The van der Waals surface area contributed by atoms with Crippen LogP contribution in [0.1, 0.15) is 21.5 Å². The van der Waals surface area contributed by atoms with Crippen LogP contribution in [0.2, 0.25) is 0 Å². The number of benzene rings is 2. The Morgan fingerprint density at radius 2 is 1.48 bits per heavy atom. The van der Waals surface area contributed by atoms with Gasteiger partial charge >= 0.3 is 0 Å². The number of carbonyl (C=O) groups excluding carboxylic acids is 1. The molecule has 2 aromatic carbocycles. The summed E-state index contributed by atoms with van der Waals surface area (Å²) in [5.41, 5.74) is 3.07. The molecular weight excluding hydrogens is 364 g/mol. The van der Waals surface area contributed by atoms with Crippen LogP contribution in [0, 0.1) is 13.8 Å². The Morgan fingerprint density at radius 1 is 0.862 bits per heavy atom. The minimum Gasteiger partial charge on any atom is -0.439 e. The summed E-state index contributed by atoms with van der Waals surface area (Å²) in [6, 6.07) is 17.4. The molecule has 6 nitrogen and oxygen atoms in total. The molecule has 1 aliphatic heterocycles. The lowest BCUT2D eigenvalue weighted by atomic mass is 10.1. The topological polar surface area (TPSA) is 58.6 Å². The molecule has 0 bridgehead atoms. The number of aromatic nitrogens is 2. The van der Waals surface area contributed by atoms with E-state index < -0.39 is 0 Å². The van der Waals surface area contributed by atoms with Crippen molar-refractivity contribution in [2.45, 2.75) is 13.8 Å². The second-order valence-corrected chi connectivity index (χ2v) is 7.27. The molecule has 1 fully saturated rings. The van der Waals surface area contributed by atoms with Crippen molar-refractivity contribution >= 4 is 11.7 Å². The third-order valence-corrected chi connectivity index (χ3v) is 5.06. The van der Waals surface area contributed by atoms with Crippen LogP contribution in [0.25, 0.3) is 0 Å². The number of amides is 1. The Morgan fingerprint density at radius 3 is 2.14 bits per heavy atom. The first-order chi connectivity index (χ1) is 14.1. The highest BCUT2D eigenvalue weighted by atomic mass is 16.5. The number of carbonyl (C=O) groups is 1. The lowest BCUT2D eigenvalue weighted by Crippen LogP contribution is -2.49. The van der Waals surface area contributed by atoms with E-state index in [1.54, 1.807) is 0 Å². The van der Waals surface area contributed by atoms with Crippen molar-refractivity contribution in [1.29, 1.82) is 0 Å². The van der Waals surface area contributed by atoms with E-state index in [0.29, 0.717) is 19.0 Å². The van der Waals surface area contributed by atoms with Crippen molar-refractivity contribution in [2.24, 2.45) is 0 Å². The van der Waals surface area contributed by atoms with Gasteiger partial charge in [0.2, 0.25) is 5.88 Å². The zero-order valence-corrected chi connectivity index (χ0v) is 16.7. The van der Waals surface area contributed by atoms with Crippen LogP contribution in [0.4, 0.5) is 5.82 Å². The standard InChI is InChI=1S/C23H24N4O2/c1-17-3-7-19(8-4-17)23(28)27-13-11-26(12-14-27)21-15-22(25-16-24-21)29-20-9-5-18(2)6-10-20/h3-10,15-16H,11-14H2,1-2H3. The van der Waals surface area contributed by atoms with Crippen molar-refractivity contribution in [1.82, 2.24) is 14.9 Å². The number of nitrogens with zero attached hydrogens (tertiary/aromatic N) is 4. The molecule has 0 radical (unpaired) electrons. The van der Waals surface area contributed by atoms with Gasteiger partial charge < -0.3 is 14.5 Å². The third kappa shape index (κ3) is 4.54. The lowest BCUT2D eigenvalue weighted by Gasteiger charge is -2.35. The van der Waals surface area contributed by atoms with Crippen molar-refractivity contribution in [2.75, 3.05) is 31.1 Å². The highest BCUT2D eigenvalue weighted by molar-refractivity contribution is 5.94. The highest BCUT2D eigenvalue weighted by Gasteiger charge is 2.23. The molecule has 2 heterocycles. The fraction of sp³-hybridized carbons (Fsp3) is 0.261. The first-order valence-electron chi connectivity index (χ1n) is 9.76. The molecule has 1 aliphatic rings. The van der Waals surface area contributed by atoms with Crippen LogP contribution in [-0.2, 0) is 0 Å². The van der Waals surface area contributed by atoms with Crippen LogP contribution in [0.5, 0.6) is 11.6 Å². The van der Waals surface area contributed by atoms with Gasteiger partial charge in [-0.15, -0.1) is 0 Å². The summed E-state index contributed by atoms with van der Waals surface area (Å²) in [6.07, 6.45) is 1.52. The molecule has 0 atom stereocenters. The molecule has 0 aliphatic carbocycles. The minimum absolute atomic E-state index is 0.0794. The van der Waals surface area contributed by atoms with E-state index >= 15 is 0 Å². The van der Waals surface area contributed by atoms with Gasteiger partial charge in [-0.05, 0) is 38.1 Å². The summed E-state index contributed by atoms with van der Waals surface area (Å²) < 4.78 is 5.85. The van der Waals surface area contributed by atoms with E-state index in [9.17, 15) is 4.79 Å². The minimum atomic E-state index is 0.0794. The number of aryl methyl sites for hydroxylation is 2. The molecule has 29 heavy (non-hydrogen) atoms. The Labute approximate surface area is 170 Å². The fourth-order valence-electron chi connectivity index (χ4n) is 3.30. The summed E-state index contributed by atoms with van der Waals surface area (Å²) in [6.45, 7) is 6.81. The van der Waals surface area contributed by atoms with Gasteiger partial charge in [-0.3, -0.25) is 4.79 Å². The molecule has 0 spiro atoms. The lowest BCUT2D eigenvalue weighted by molar-refractivity contribution is 0.0746. The number of rotatable bonds is 4. The van der Waals surface area contributed by atoms with Crippen molar-refractivity contribution in [3.8, 4) is 11.6 Å². The quantitative estimate of drug-likeness (QED) is 0.679. The summed E-state index contributed by atoms with van der Waals surface area (Å²) >= 11 is 0. The van der Waals surface area contributed by atoms with Gasteiger partial charge in [-0.2, -0.15) is 0 Å². The zero-order chi connectivity index (χ0) is 20.2. The Kier molecular flexibility index (Phi) is 5.42. The van der Waals surface area contributed by atoms with E-state index in [0.717, 1.165) is 35.8 Å². The van der Waals surface area contributed by atoms with Crippen molar-refractivity contribution in [3.05, 3.63) is 77.6 Å². The predicted molar refractivity (Wildman–Crippen MR) is 113 cm³/mol. The van der Waals surface area contributed by atoms with Crippen LogP contribution >= 0.6 is 0 Å². The Balaban J connectivity index is 1.39. The normalized spacial score (nSPS) is 14.0. The molecule has 1 saturated heterocycles. The monoisotopic (exact) mass is 388 g/mol. The molecule has 0 saturated carbocycles. The van der Waals surface area contributed by atoms with Crippen molar-refractivity contribution < 1.29 is 9.53 Å². The first kappa shape index (κ1) is 18.9. The maximum Gasteiger partial charge on any atom is 0.253 e. The summed E-state index contributed by atoms with van der Waals surface area (Å²) in [5, 5.41) is 0.